The Hall–Kier alpha value is -2.12. The SMILES string of the molecule is CCNC(Cc1cccc2ccccc12)c1ccccc1. The summed E-state index contributed by atoms with van der Waals surface area (Å²) >= 11 is 0. The van der Waals surface area contributed by atoms with Crippen LogP contribution in [0.4, 0.5) is 0 Å². The van der Waals surface area contributed by atoms with E-state index >= 15 is 0 Å². The van der Waals surface area contributed by atoms with Gasteiger partial charge in [0.25, 0.3) is 0 Å². The van der Waals surface area contributed by atoms with Crippen LogP contribution in [0.5, 0.6) is 0 Å². The van der Waals surface area contributed by atoms with E-state index in [0.717, 1.165) is 13.0 Å². The number of benzene rings is 3. The molecule has 3 aromatic carbocycles. The summed E-state index contributed by atoms with van der Waals surface area (Å²) in [6, 6.07) is 26.3. The molecule has 3 aromatic rings. The van der Waals surface area contributed by atoms with Crippen molar-refractivity contribution in [3.63, 3.8) is 0 Å². The first-order valence-electron chi connectivity index (χ1n) is 7.63. The van der Waals surface area contributed by atoms with Gasteiger partial charge >= 0.3 is 0 Å². The van der Waals surface area contributed by atoms with E-state index in [1.807, 2.05) is 0 Å². The summed E-state index contributed by atoms with van der Waals surface area (Å²) in [5.74, 6) is 0. The maximum absolute atomic E-state index is 3.61. The zero-order chi connectivity index (χ0) is 14.5. The minimum Gasteiger partial charge on any atom is -0.310 e. The predicted molar refractivity (Wildman–Crippen MR) is 90.5 cm³/mol. The molecule has 1 heteroatoms. The smallest absolute Gasteiger partial charge is 0.0360 e. The lowest BCUT2D eigenvalue weighted by molar-refractivity contribution is 0.551. The number of nitrogens with one attached hydrogen (secondary N) is 1. The molecule has 3 rings (SSSR count). The highest BCUT2D eigenvalue weighted by Crippen LogP contribution is 2.24. The van der Waals surface area contributed by atoms with Crippen LogP contribution in [-0.4, -0.2) is 6.54 Å². The molecular formula is C20H21N. The van der Waals surface area contributed by atoms with Crippen LogP contribution in [0.1, 0.15) is 24.1 Å². The Kier molecular flexibility index (Phi) is 4.32. The number of hydrogen-bond acceptors (Lipinski definition) is 1. The van der Waals surface area contributed by atoms with E-state index in [9.17, 15) is 0 Å². The second-order valence-corrected chi connectivity index (χ2v) is 5.36. The minimum absolute atomic E-state index is 0.363. The van der Waals surface area contributed by atoms with E-state index < -0.39 is 0 Å². The maximum Gasteiger partial charge on any atom is 0.0360 e. The summed E-state index contributed by atoms with van der Waals surface area (Å²) in [5.41, 5.74) is 2.76. The Balaban J connectivity index is 1.95. The molecule has 106 valence electrons. The molecule has 1 nitrogen and oxygen atoms in total. The number of likely N-dealkylation sites (N-methyl/N-ethyl adjacent to an activating group) is 1. The van der Waals surface area contributed by atoms with E-state index in [0.29, 0.717) is 6.04 Å². The van der Waals surface area contributed by atoms with E-state index in [-0.39, 0.29) is 0 Å². The molecule has 0 aliphatic rings. The Bertz CT molecular complexity index is 698. The molecule has 0 bridgehead atoms. The molecule has 0 saturated carbocycles. The van der Waals surface area contributed by atoms with Gasteiger partial charge in [-0.25, -0.2) is 0 Å². The molecule has 1 unspecified atom stereocenters. The van der Waals surface area contributed by atoms with Crippen molar-refractivity contribution >= 4 is 10.8 Å². The van der Waals surface area contributed by atoms with Crippen LogP contribution in [0.25, 0.3) is 10.8 Å². The highest BCUT2D eigenvalue weighted by Gasteiger charge is 2.12. The minimum atomic E-state index is 0.363. The largest absolute Gasteiger partial charge is 0.310 e. The van der Waals surface area contributed by atoms with Crippen molar-refractivity contribution in [3.8, 4) is 0 Å². The first-order chi connectivity index (χ1) is 10.4. The van der Waals surface area contributed by atoms with E-state index in [2.05, 4.69) is 85.0 Å². The van der Waals surface area contributed by atoms with Gasteiger partial charge in [0.1, 0.15) is 0 Å². The third kappa shape index (κ3) is 3.14. The quantitative estimate of drug-likeness (QED) is 0.709. The molecule has 0 radical (unpaired) electrons. The van der Waals surface area contributed by atoms with Crippen LogP contribution in [0.3, 0.4) is 0 Å². The van der Waals surface area contributed by atoms with E-state index in [4.69, 9.17) is 0 Å². The lowest BCUT2D eigenvalue weighted by atomic mass is 9.95. The highest BCUT2D eigenvalue weighted by molar-refractivity contribution is 5.85. The second kappa shape index (κ2) is 6.55. The number of rotatable bonds is 5. The molecule has 0 aliphatic carbocycles. The number of fused-ring (bicyclic) bond motifs is 1. The summed E-state index contributed by atoms with van der Waals surface area (Å²) < 4.78 is 0. The first kappa shape index (κ1) is 13.8. The van der Waals surface area contributed by atoms with Crippen LogP contribution in [-0.2, 0) is 6.42 Å². The second-order valence-electron chi connectivity index (χ2n) is 5.36. The first-order valence-corrected chi connectivity index (χ1v) is 7.63. The van der Waals surface area contributed by atoms with Crippen LogP contribution in [0, 0.1) is 0 Å². The lowest BCUT2D eigenvalue weighted by Gasteiger charge is -2.19. The van der Waals surface area contributed by atoms with Gasteiger partial charge in [-0.3, -0.25) is 0 Å². The third-order valence-electron chi connectivity index (χ3n) is 3.96. The summed E-state index contributed by atoms with van der Waals surface area (Å²) in [6.07, 6.45) is 1.01. The van der Waals surface area contributed by atoms with Gasteiger partial charge in [-0.2, -0.15) is 0 Å². The van der Waals surface area contributed by atoms with Crippen molar-refractivity contribution in [1.29, 1.82) is 0 Å². The molecule has 21 heavy (non-hydrogen) atoms. The molecule has 0 aliphatic heterocycles. The molecule has 0 saturated heterocycles. The molecule has 1 atom stereocenters. The van der Waals surface area contributed by atoms with Gasteiger partial charge in [0, 0.05) is 6.04 Å². The van der Waals surface area contributed by atoms with Crippen molar-refractivity contribution in [2.45, 2.75) is 19.4 Å². The summed E-state index contributed by atoms with van der Waals surface area (Å²) in [7, 11) is 0. The molecule has 0 spiro atoms. The lowest BCUT2D eigenvalue weighted by Crippen LogP contribution is -2.23. The molecular weight excluding hydrogens is 254 g/mol. The fourth-order valence-corrected chi connectivity index (χ4v) is 2.93. The Labute approximate surface area is 126 Å². The van der Waals surface area contributed by atoms with Gasteiger partial charge in [0.2, 0.25) is 0 Å². The highest BCUT2D eigenvalue weighted by atomic mass is 14.9. The summed E-state index contributed by atoms with van der Waals surface area (Å²) in [5, 5.41) is 6.29. The fourth-order valence-electron chi connectivity index (χ4n) is 2.93. The van der Waals surface area contributed by atoms with Gasteiger partial charge < -0.3 is 5.32 Å². The zero-order valence-electron chi connectivity index (χ0n) is 12.4. The summed E-state index contributed by atoms with van der Waals surface area (Å²) in [4.78, 5) is 0. The normalized spacial score (nSPS) is 12.4. The Morgan fingerprint density at radius 1 is 0.810 bits per heavy atom. The third-order valence-corrected chi connectivity index (χ3v) is 3.96. The summed E-state index contributed by atoms with van der Waals surface area (Å²) in [6.45, 7) is 3.14. The van der Waals surface area contributed by atoms with Gasteiger partial charge in [0.15, 0.2) is 0 Å². The van der Waals surface area contributed by atoms with Crippen LogP contribution < -0.4 is 5.32 Å². The van der Waals surface area contributed by atoms with Gasteiger partial charge in [0.05, 0.1) is 0 Å². The van der Waals surface area contributed by atoms with Crippen molar-refractivity contribution < 1.29 is 0 Å². The average molecular weight is 275 g/mol. The Morgan fingerprint density at radius 3 is 2.33 bits per heavy atom. The van der Waals surface area contributed by atoms with Crippen molar-refractivity contribution in [2.75, 3.05) is 6.54 Å². The van der Waals surface area contributed by atoms with Gasteiger partial charge in [-0.05, 0) is 34.9 Å². The van der Waals surface area contributed by atoms with Crippen molar-refractivity contribution in [2.24, 2.45) is 0 Å². The van der Waals surface area contributed by atoms with Crippen LogP contribution >= 0.6 is 0 Å². The molecule has 1 N–H and O–H groups in total. The average Bonchev–Trinajstić information content (AvgIpc) is 2.55. The predicted octanol–water partition coefficient (Wildman–Crippen LogP) is 4.73. The fraction of sp³-hybridized carbons (Fsp3) is 0.200. The van der Waals surface area contributed by atoms with Crippen molar-refractivity contribution in [1.82, 2.24) is 5.32 Å². The maximum atomic E-state index is 3.61. The van der Waals surface area contributed by atoms with Crippen LogP contribution in [0.2, 0.25) is 0 Å². The van der Waals surface area contributed by atoms with Gasteiger partial charge in [-0.1, -0.05) is 79.7 Å². The number of hydrogen-bond donors (Lipinski definition) is 1. The molecule has 0 aromatic heterocycles. The molecule has 0 fully saturated rings. The van der Waals surface area contributed by atoms with E-state index in [1.54, 1.807) is 0 Å². The molecule has 0 heterocycles. The monoisotopic (exact) mass is 275 g/mol. The Morgan fingerprint density at radius 2 is 1.52 bits per heavy atom. The zero-order valence-corrected chi connectivity index (χ0v) is 12.4. The van der Waals surface area contributed by atoms with E-state index in [1.165, 1.54) is 21.9 Å². The van der Waals surface area contributed by atoms with Crippen molar-refractivity contribution in [3.05, 3.63) is 83.9 Å². The topological polar surface area (TPSA) is 12.0 Å². The molecule has 0 amide bonds. The van der Waals surface area contributed by atoms with Gasteiger partial charge in [-0.15, -0.1) is 0 Å². The standard InChI is InChI=1S/C20H21N/c1-2-21-20(17-10-4-3-5-11-17)15-18-13-8-12-16-9-6-7-14-19(16)18/h3-14,20-21H,2,15H2,1H3. The van der Waals surface area contributed by atoms with Crippen LogP contribution in [0.15, 0.2) is 72.8 Å².